The number of aliphatic carboxylic acids is 1. The Morgan fingerprint density at radius 3 is 2.64 bits per heavy atom. The number of rotatable bonds is 11. The summed E-state index contributed by atoms with van der Waals surface area (Å²) in [4.78, 5) is 14.1. The zero-order valence-corrected chi connectivity index (χ0v) is 17.7. The van der Waals surface area contributed by atoms with E-state index in [0.717, 1.165) is 32.4 Å². The summed E-state index contributed by atoms with van der Waals surface area (Å²) in [5, 5.41) is 9.49. The van der Waals surface area contributed by atoms with Crippen LogP contribution in [-0.4, -0.2) is 29.1 Å². The van der Waals surface area contributed by atoms with Crippen molar-refractivity contribution >= 4 is 5.97 Å². The van der Waals surface area contributed by atoms with Crippen molar-refractivity contribution in [2.75, 3.05) is 13.1 Å². The van der Waals surface area contributed by atoms with Gasteiger partial charge in [0, 0.05) is 31.1 Å². The molecule has 3 aliphatic rings. The molecule has 1 fully saturated rings. The molecule has 2 aliphatic heterocycles. The van der Waals surface area contributed by atoms with E-state index < -0.39 is 5.97 Å². The molecule has 0 aromatic carbocycles. The summed E-state index contributed by atoms with van der Waals surface area (Å²) in [6, 6.07) is 0. The summed E-state index contributed by atoms with van der Waals surface area (Å²) >= 11 is 0. The molecule has 1 saturated heterocycles. The fourth-order valence-corrected chi connectivity index (χ4v) is 5.42. The molecule has 0 bridgehead atoms. The molecule has 0 radical (unpaired) electrons. The normalized spacial score (nSPS) is 24.8. The highest BCUT2D eigenvalue weighted by Gasteiger charge is 2.34. The Balaban J connectivity index is 1.56. The van der Waals surface area contributed by atoms with Gasteiger partial charge in [-0.2, -0.15) is 0 Å². The maximum atomic E-state index is 11.5. The minimum atomic E-state index is -0.616. The van der Waals surface area contributed by atoms with Crippen molar-refractivity contribution in [2.45, 2.75) is 84.0 Å². The van der Waals surface area contributed by atoms with E-state index in [2.05, 4.69) is 36.1 Å². The number of allylic oxidation sites excluding steroid dienone is 6. The van der Waals surface area contributed by atoms with Crippen molar-refractivity contribution in [1.29, 1.82) is 0 Å². The Hall–Kier alpha value is -1.51. The van der Waals surface area contributed by atoms with Crippen LogP contribution in [0.15, 0.2) is 35.6 Å². The highest BCUT2D eigenvalue weighted by molar-refractivity contribution is 5.67. The smallest absolute Gasteiger partial charge is 0.303 e. The van der Waals surface area contributed by atoms with E-state index in [4.69, 9.17) is 0 Å². The van der Waals surface area contributed by atoms with E-state index in [1.807, 2.05) is 0 Å². The molecule has 3 unspecified atom stereocenters. The number of nitrogens with zero attached hydrogens (tertiary/aromatic N) is 1. The van der Waals surface area contributed by atoms with Crippen LogP contribution in [0.3, 0.4) is 0 Å². The first-order valence-corrected chi connectivity index (χ1v) is 11.7. The van der Waals surface area contributed by atoms with Gasteiger partial charge >= 0.3 is 5.97 Å². The molecule has 3 nitrogen and oxygen atoms in total. The molecule has 156 valence electrons. The van der Waals surface area contributed by atoms with Crippen molar-refractivity contribution in [2.24, 2.45) is 17.8 Å². The molecule has 3 atom stereocenters. The van der Waals surface area contributed by atoms with Crippen molar-refractivity contribution in [3.63, 3.8) is 0 Å². The van der Waals surface area contributed by atoms with Crippen LogP contribution >= 0.6 is 0 Å². The molecular weight excluding hydrogens is 346 g/mol. The number of hydrogen-bond donors (Lipinski definition) is 1. The van der Waals surface area contributed by atoms with E-state index >= 15 is 0 Å². The Kier molecular flexibility index (Phi) is 8.24. The van der Waals surface area contributed by atoms with Crippen LogP contribution in [-0.2, 0) is 4.79 Å². The van der Waals surface area contributed by atoms with E-state index in [-0.39, 0.29) is 0 Å². The Morgan fingerprint density at radius 2 is 1.86 bits per heavy atom. The molecule has 0 aromatic heterocycles. The SMILES string of the molecule is CCCCCCCCCC(CC(=O)O)C1CCN2CCC3C=CC=CC3=C2C1. The summed E-state index contributed by atoms with van der Waals surface area (Å²) in [5.41, 5.74) is 3.02. The lowest BCUT2D eigenvalue weighted by atomic mass is 9.75. The van der Waals surface area contributed by atoms with E-state index in [1.54, 1.807) is 0 Å². The van der Waals surface area contributed by atoms with Gasteiger partial charge in [0.15, 0.2) is 0 Å². The first-order valence-electron chi connectivity index (χ1n) is 11.7. The molecule has 2 heterocycles. The predicted octanol–water partition coefficient (Wildman–Crippen LogP) is 6.33. The molecule has 1 N–H and O–H groups in total. The van der Waals surface area contributed by atoms with Crippen molar-refractivity contribution < 1.29 is 9.90 Å². The topological polar surface area (TPSA) is 40.5 Å². The van der Waals surface area contributed by atoms with E-state index in [0.29, 0.717) is 24.2 Å². The summed E-state index contributed by atoms with van der Waals surface area (Å²) in [7, 11) is 0. The lowest BCUT2D eigenvalue weighted by Gasteiger charge is -2.44. The summed E-state index contributed by atoms with van der Waals surface area (Å²) in [5.74, 6) is 0.839. The van der Waals surface area contributed by atoms with Crippen molar-refractivity contribution in [1.82, 2.24) is 4.90 Å². The third-order valence-electron chi connectivity index (χ3n) is 7.06. The lowest BCUT2D eigenvalue weighted by molar-refractivity contribution is -0.138. The van der Waals surface area contributed by atoms with Gasteiger partial charge in [0.25, 0.3) is 0 Å². The maximum absolute atomic E-state index is 11.5. The van der Waals surface area contributed by atoms with E-state index in [1.165, 1.54) is 62.6 Å². The second-order valence-corrected chi connectivity index (χ2v) is 9.05. The number of unbranched alkanes of at least 4 members (excludes halogenated alkanes) is 6. The summed E-state index contributed by atoms with van der Waals surface area (Å²) in [6.07, 6.45) is 23.0. The van der Waals surface area contributed by atoms with Gasteiger partial charge < -0.3 is 10.0 Å². The number of piperidine rings is 1. The van der Waals surface area contributed by atoms with Crippen LogP contribution < -0.4 is 0 Å². The first-order chi connectivity index (χ1) is 13.7. The van der Waals surface area contributed by atoms with Crippen LogP contribution in [0.2, 0.25) is 0 Å². The molecule has 0 aromatic rings. The number of carbonyl (C=O) groups is 1. The molecule has 0 spiro atoms. The number of carboxylic acid groups (broad SMARTS) is 1. The second-order valence-electron chi connectivity index (χ2n) is 9.05. The van der Waals surface area contributed by atoms with Crippen LogP contribution in [0.25, 0.3) is 0 Å². The largest absolute Gasteiger partial charge is 0.481 e. The van der Waals surface area contributed by atoms with Gasteiger partial charge in [-0.25, -0.2) is 0 Å². The zero-order chi connectivity index (χ0) is 19.8. The fraction of sp³-hybridized carbons (Fsp3) is 0.720. The van der Waals surface area contributed by atoms with Gasteiger partial charge in [0.05, 0.1) is 0 Å². The highest BCUT2D eigenvalue weighted by atomic mass is 16.4. The van der Waals surface area contributed by atoms with Gasteiger partial charge in [-0.05, 0) is 43.1 Å². The molecule has 3 rings (SSSR count). The van der Waals surface area contributed by atoms with Crippen LogP contribution in [0.4, 0.5) is 0 Å². The quantitative estimate of drug-likeness (QED) is 0.422. The number of fused-ring (bicyclic) bond motifs is 2. The van der Waals surface area contributed by atoms with Crippen LogP contribution in [0, 0.1) is 17.8 Å². The van der Waals surface area contributed by atoms with Gasteiger partial charge in [0.2, 0.25) is 0 Å². The standard InChI is InChI=1S/C25H39NO2/c1-2-3-4-5-6-7-8-12-21(19-25(27)28)22-15-17-26-16-14-20-11-9-10-13-23(20)24(26)18-22/h9-11,13,20-22H,2-8,12,14-19H2,1H3,(H,27,28). The van der Waals surface area contributed by atoms with Gasteiger partial charge in [-0.1, -0.05) is 76.2 Å². The Bertz CT molecular complexity index is 604. The molecule has 0 amide bonds. The third-order valence-corrected chi connectivity index (χ3v) is 7.06. The van der Waals surface area contributed by atoms with Crippen molar-refractivity contribution in [3.05, 3.63) is 35.6 Å². The second kappa shape index (κ2) is 10.9. The predicted molar refractivity (Wildman–Crippen MR) is 116 cm³/mol. The first kappa shape index (κ1) is 21.2. The molecule has 0 saturated carbocycles. The van der Waals surface area contributed by atoms with Crippen LogP contribution in [0.1, 0.15) is 84.0 Å². The molecule has 3 heteroatoms. The van der Waals surface area contributed by atoms with Gasteiger partial charge in [-0.15, -0.1) is 0 Å². The number of carboxylic acids is 1. The van der Waals surface area contributed by atoms with Crippen LogP contribution in [0.5, 0.6) is 0 Å². The molecule has 28 heavy (non-hydrogen) atoms. The number of hydrogen-bond acceptors (Lipinski definition) is 2. The van der Waals surface area contributed by atoms with Gasteiger partial charge in [-0.3, -0.25) is 4.79 Å². The lowest BCUT2D eigenvalue weighted by Crippen LogP contribution is -2.40. The monoisotopic (exact) mass is 385 g/mol. The summed E-state index contributed by atoms with van der Waals surface area (Å²) in [6.45, 7) is 4.53. The Morgan fingerprint density at radius 1 is 1.11 bits per heavy atom. The van der Waals surface area contributed by atoms with E-state index in [9.17, 15) is 9.90 Å². The minimum Gasteiger partial charge on any atom is -0.481 e. The molecular formula is C25H39NO2. The average Bonchev–Trinajstić information content (AvgIpc) is 2.71. The molecule has 1 aliphatic carbocycles. The van der Waals surface area contributed by atoms with Gasteiger partial charge in [0.1, 0.15) is 0 Å². The maximum Gasteiger partial charge on any atom is 0.303 e. The zero-order valence-electron chi connectivity index (χ0n) is 17.7. The summed E-state index contributed by atoms with van der Waals surface area (Å²) < 4.78 is 0. The fourth-order valence-electron chi connectivity index (χ4n) is 5.42. The minimum absolute atomic E-state index is 0.340. The average molecular weight is 386 g/mol. The third kappa shape index (κ3) is 5.75. The van der Waals surface area contributed by atoms with Crippen molar-refractivity contribution in [3.8, 4) is 0 Å². The highest BCUT2D eigenvalue weighted by Crippen LogP contribution is 2.42. The Labute approximate surface area is 171 Å².